The van der Waals surface area contributed by atoms with Gasteiger partial charge in [0.1, 0.15) is 11.5 Å². The molecule has 37 heavy (non-hydrogen) atoms. The van der Waals surface area contributed by atoms with Crippen molar-refractivity contribution in [2.24, 2.45) is 5.92 Å². The van der Waals surface area contributed by atoms with Crippen molar-refractivity contribution >= 4 is 9.84 Å². The molecule has 0 aliphatic carbocycles. The van der Waals surface area contributed by atoms with E-state index < -0.39 is 9.84 Å². The number of tetrazole rings is 1. The van der Waals surface area contributed by atoms with Gasteiger partial charge in [0.05, 0.1) is 25.7 Å². The molecule has 0 bridgehead atoms. The summed E-state index contributed by atoms with van der Waals surface area (Å²) in [6.07, 6.45) is 7.22. The summed E-state index contributed by atoms with van der Waals surface area (Å²) in [5, 5.41) is 11.2. The molecule has 3 rings (SSSR count). The molecule has 9 heteroatoms. The Hall–Kier alpha value is -3.20. The van der Waals surface area contributed by atoms with Crippen molar-refractivity contribution in [1.82, 2.24) is 20.2 Å². The fourth-order valence-corrected chi connectivity index (χ4v) is 6.06. The van der Waals surface area contributed by atoms with E-state index in [2.05, 4.69) is 41.2 Å². The van der Waals surface area contributed by atoms with Crippen molar-refractivity contribution in [3.05, 3.63) is 66.2 Å². The maximum absolute atomic E-state index is 13.1. The molecule has 2 aromatic carbocycles. The summed E-state index contributed by atoms with van der Waals surface area (Å²) in [6, 6.07) is 13.1. The second kappa shape index (κ2) is 13.4. The largest absolute Gasteiger partial charge is 0.496 e. The Morgan fingerprint density at radius 3 is 2.35 bits per heavy atom. The molecule has 0 saturated heterocycles. The number of unbranched alkanes of at least 4 members (excludes halogenated alkanes) is 1. The first-order chi connectivity index (χ1) is 17.8. The van der Waals surface area contributed by atoms with E-state index >= 15 is 0 Å². The van der Waals surface area contributed by atoms with Crippen molar-refractivity contribution < 1.29 is 17.9 Å². The zero-order chi connectivity index (χ0) is 26.8. The molecule has 0 radical (unpaired) electrons. The standard InChI is InChI=1S/C28H38N4O4S/c1-6-8-13-23(12-7-2)27-25(35-4)19-22(20-26(27)36-5)18-21(3)16-17-37(33,34)28-29-30-31-32(28)24-14-10-9-11-15-24/h7,9-11,14-15,19-21,23H,2,6,8,12-13,16-18H2,1,3-5H3/t21-,23+/m0/s1. The Labute approximate surface area is 220 Å². The number of methoxy groups -OCH3 is 2. The van der Waals surface area contributed by atoms with Crippen LogP contribution in [-0.4, -0.2) is 48.6 Å². The number of aromatic nitrogens is 4. The molecule has 0 amide bonds. The van der Waals surface area contributed by atoms with Crippen LogP contribution in [0.3, 0.4) is 0 Å². The number of sulfone groups is 1. The third-order valence-corrected chi connectivity index (χ3v) is 8.14. The van der Waals surface area contributed by atoms with E-state index in [-0.39, 0.29) is 22.7 Å². The highest BCUT2D eigenvalue weighted by molar-refractivity contribution is 7.91. The van der Waals surface area contributed by atoms with Gasteiger partial charge < -0.3 is 9.47 Å². The summed E-state index contributed by atoms with van der Waals surface area (Å²) in [5.74, 6) is 1.93. The molecule has 3 aromatic rings. The summed E-state index contributed by atoms with van der Waals surface area (Å²) < 4.78 is 39.1. The summed E-state index contributed by atoms with van der Waals surface area (Å²) >= 11 is 0. The van der Waals surface area contributed by atoms with E-state index in [1.54, 1.807) is 26.4 Å². The first kappa shape index (κ1) is 28.4. The van der Waals surface area contributed by atoms with Crippen molar-refractivity contribution in [1.29, 1.82) is 0 Å². The summed E-state index contributed by atoms with van der Waals surface area (Å²) in [7, 11) is -0.313. The molecule has 0 saturated carbocycles. The van der Waals surface area contributed by atoms with Crippen molar-refractivity contribution in [3.63, 3.8) is 0 Å². The number of allylic oxidation sites excluding steroid dienone is 1. The zero-order valence-corrected chi connectivity index (χ0v) is 23.1. The predicted molar refractivity (Wildman–Crippen MR) is 145 cm³/mol. The fourth-order valence-electron chi connectivity index (χ4n) is 4.60. The minimum atomic E-state index is -3.67. The highest BCUT2D eigenvalue weighted by atomic mass is 32.2. The van der Waals surface area contributed by atoms with Crippen LogP contribution in [0.4, 0.5) is 0 Å². The lowest BCUT2D eigenvalue weighted by molar-refractivity contribution is 0.373. The van der Waals surface area contributed by atoms with Crippen molar-refractivity contribution in [2.45, 2.75) is 63.4 Å². The van der Waals surface area contributed by atoms with Crippen molar-refractivity contribution in [3.8, 4) is 17.2 Å². The highest BCUT2D eigenvalue weighted by Gasteiger charge is 2.25. The van der Waals surface area contributed by atoms with Gasteiger partial charge in [0.2, 0.25) is 9.84 Å². The number of para-hydroxylation sites is 1. The van der Waals surface area contributed by atoms with E-state index in [0.29, 0.717) is 18.5 Å². The second-order valence-corrected chi connectivity index (χ2v) is 11.4. The van der Waals surface area contributed by atoms with Crippen LogP contribution < -0.4 is 9.47 Å². The van der Waals surface area contributed by atoms with Crippen LogP contribution >= 0.6 is 0 Å². The predicted octanol–water partition coefficient (Wildman–Crippen LogP) is 5.57. The first-order valence-corrected chi connectivity index (χ1v) is 14.4. The monoisotopic (exact) mass is 526 g/mol. The van der Waals surface area contributed by atoms with Gasteiger partial charge in [-0.1, -0.05) is 56.1 Å². The summed E-state index contributed by atoms with van der Waals surface area (Å²) in [5.41, 5.74) is 2.72. The Bertz CT molecular complexity index is 1230. The van der Waals surface area contributed by atoms with E-state index in [0.717, 1.165) is 48.3 Å². The Balaban J connectivity index is 1.75. The number of hydrogen-bond donors (Lipinski definition) is 0. The number of rotatable bonds is 15. The Morgan fingerprint density at radius 2 is 1.76 bits per heavy atom. The van der Waals surface area contributed by atoms with Crippen LogP contribution in [0.2, 0.25) is 0 Å². The molecule has 0 unspecified atom stereocenters. The van der Waals surface area contributed by atoms with Crippen LogP contribution in [0.5, 0.6) is 11.5 Å². The number of ether oxygens (including phenoxy) is 2. The summed E-state index contributed by atoms with van der Waals surface area (Å²) in [4.78, 5) is 0. The highest BCUT2D eigenvalue weighted by Crippen LogP contribution is 2.41. The zero-order valence-electron chi connectivity index (χ0n) is 22.3. The number of nitrogens with zero attached hydrogens (tertiary/aromatic N) is 4. The maximum Gasteiger partial charge on any atom is 0.272 e. The molecular formula is C28H38N4O4S. The molecule has 0 aliphatic heterocycles. The van der Waals surface area contributed by atoms with Crippen LogP contribution in [-0.2, 0) is 16.3 Å². The second-order valence-electron chi connectivity index (χ2n) is 9.40. The third-order valence-electron chi connectivity index (χ3n) is 6.55. The minimum absolute atomic E-state index is 0.0495. The van der Waals surface area contributed by atoms with Gasteiger partial charge in [0.25, 0.3) is 5.16 Å². The molecule has 0 aliphatic rings. The molecule has 1 heterocycles. The van der Waals surface area contributed by atoms with Crippen LogP contribution in [0, 0.1) is 5.92 Å². The van der Waals surface area contributed by atoms with Gasteiger partial charge in [0.15, 0.2) is 0 Å². The van der Waals surface area contributed by atoms with Gasteiger partial charge in [-0.15, -0.1) is 6.58 Å². The van der Waals surface area contributed by atoms with Gasteiger partial charge in [-0.05, 0) is 77.8 Å². The summed E-state index contributed by atoms with van der Waals surface area (Å²) in [6.45, 7) is 8.17. The molecular weight excluding hydrogens is 488 g/mol. The lowest BCUT2D eigenvalue weighted by atomic mass is 9.87. The average molecular weight is 527 g/mol. The molecule has 0 N–H and O–H groups in total. The normalized spacial score (nSPS) is 13.2. The molecule has 0 spiro atoms. The average Bonchev–Trinajstić information content (AvgIpc) is 3.41. The van der Waals surface area contributed by atoms with Crippen LogP contribution in [0.25, 0.3) is 5.69 Å². The van der Waals surface area contributed by atoms with Gasteiger partial charge >= 0.3 is 0 Å². The third kappa shape index (κ3) is 7.19. The quantitative estimate of drug-likeness (QED) is 0.239. The first-order valence-electron chi connectivity index (χ1n) is 12.8. The van der Waals surface area contributed by atoms with E-state index in [9.17, 15) is 8.42 Å². The Kier molecular flexibility index (Phi) is 10.3. The van der Waals surface area contributed by atoms with E-state index in [4.69, 9.17) is 9.47 Å². The Morgan fingerprint density at radius 1 is 1.08 bits per heavy atom. The van der Waals surface area contributed by atoms with Crippen molar-refractivity contribution in [2.75, 3.05) is 20.0 Å². The fraction of sp³-hybridized carbons (Fsp3) is 0.464. The molecule has 1 aromatic heterocycles. The SMILES string of the molecule is C=CC[C@H](CCCC)c1c(OC)cc(C[C@@H](C)CCS(=O)(=O)c2nnnn2-c2ccccc2)cc1OC. The van der Waals surface area contributed by atoms with Gasteiger partial charge in [0, 0.05) is 5.56 Å². The van der Waals surface area contributed by atoms with Crippen LogP contribution in [0.1, 0.15) is 63.0 Å². The minimum Gasteiger partial charge on any atom is -0.496 e. The van der Waals surface area contributed by atoms with Gasteiger partial charge in [-0.2, -0.15) is 4.68 Å². The molecule has 200 valence electrons. The van der Waals surface area contributed by atoms with E-state index in [1.165, 1.54) is 4.68 Å². The van der Waals surface area contributed by atoms with Crippen LogP contribution in [0.15, 0.2) is 60.3 Å². The maximum atomic E-state index is 13.1. The number of hydrogen-bond acceptors (Lipinski definition) is 7. The van der Waals surface area contributed by atoms with Gasteiger partial charge in [-0.25, -0.2) is 8.42 Å². The topological polar surface area (TPSA) is 96.2 Å². The van der Waals surface area contributed by atoms with Gasteiger partial charge in [-0.3, -0.25) is 0 Å². The lowest BCUT2D eigenvalue weighted by Crippen LogP contribution is -2.16. The molecule has 2 atom stereocenters. The molecule has 0 fully saturated rings. The van der Waals surface area contributed by atoms with E-state index in [1.807, 2.05) is 31.2 Å². The molecule has 8 nitrogen and oxygen atoms in total. The number of benzene rings is 2. The smallest absolute Gasteiger partial charge is 0.272 e. The lowest BCUT2D eigenvalue weighted by Gasteiger charge is -2.23.